The summed E-state index contributed by atoms with van der Waals surface area (Å²) in [7, 11) is 3.67. The van der Waals surface area contributed by atoms with E-state index in [-0.39, 0.29) is 0 Å². The molecule has 2 N–H and O–H groups in total. The van der Waals surface area contributed by atoms with E-state index in [0.717, 1.165) is 37.2 Å². The van der Waals surface area contributed by atoms with E-state index in [2.05, 4.69) is 10.2 Å². The smallest absolute Gasteiger partial charge is 0.119 e. The highest BCUT2D eigenvalue weighted by Gasteiger charge is 2.20. The Morgan fingerprint density at radius 1 is 1.42 bits per heavy atom. The van der Waals surface area contributed by atoms with Gasteiger partial charge in [0.15, 0.2) is 0 Å². The molecule has 0 saturated carbocycles. The molecule has 0 aromatic heterocycles. The third-order valence-electron chi connectivity index (χ3n) is 3.91. The molecular weight excluding hydrogens is 240 g/mol. The SMILES string of the molecule is CNC1CCN(CC(O)c2cccc(OC)c2)CC1. The van der Waals surface area contributed by atoms with E-state index in [0.29, 0.717) is 12.6 Å². The van der Waals surface area contributed by atoms with Gasteiger partial charge in [0.05, 0.1) is 13.2 Å². The van der Waals surface area contributed by atoms with Gasteiger partial charge in [0, 0.05) is 12.6 Å². The van der Waals surface area contributed by atoms with Gasteiger partial charge in [-0.05, 0) is 50.7 Å². The molecule has 1 aliphatic rings. The summed E-state index contributed by atoms with van der Waals surface area (Å²) in [6.45, 7) is 2.79. The number of β-amino-alcohol motifs (C(OH)–C–C–N with tert-alkyl or cyclic N) is 1. The van der Waals surface area contributed by atoms with Crippen molar-refractivity contribution in [3.05, 3.63) is 29.8 Å². The van der Waals surface area contributed by atoms with Crippen LogP contribution >= 0.6 is 0 Å². The lowest BCUT2D eigenvalue weighted by Gasteiger charge is -2.33. The number of piperidine rings is 1. The highest BCUT2D eigenvalue weighted by molar-refractivity contribution is 5.29. The minimum absolute atomic E-state index is 0.443. The molecule has 1 aliphatic heterocycles. The Morgan fingerprint density at radius 3 is 2.79 bits per heavy atom. The van der Waals surface area contributed by atoms with Crippen LogP contribution in [-0.2, 0) is 0 Å². The van der Waals surface area contributed by atoms with Gasteiger partial charge in [0.25, 0.3) is 0 Å². The first kappa shape index (κ1) is 14.3. The summed E-state index contributed by atoms with van der Waals surface area (Å²) in [5.74, 6) is 0.797. The van der Waals surface area contributed by atoms with Crippen molar-refractivity contribution >= 4 is 0 Å². The molecule has 19 heavy (non-hydrogen) atoms. The number of nitrogens with one attached hydrogen (secondary N) is 1. The molecule has 1 heterocycles. The highest BCUT2D eigenvalue weighted by Crippen LogP contribution is 2.21. The molecule has 0 amide bonds. The molecule has 0 bridgehead atoms. The summed E-state index contributed by atoms with van der Waals surface area (Å²) in [6.07, 6.45) is 1.86. The molecule has 4 heteroatoms. The van der Waals surface area contributed by atoms with E-state index in [1.54, 1.807) is 7.11 Å². The Labute approximate surface area is 115 Å². The van der Waals surface area contributed by atoms with Gasteiger partial charge in [0.1, 0.15) is 5.75 Å². The van der Waals surface area contributed by atoms with Crippen LogP contribution in [0.25, 0.3) is 0 Å². The third kappa shape index (κ3) is 3.93. The Hall–Kier alpha value is -1.10. The fraction of sp³-hybridized carbons (Fsp3) is 0.600. The van der Waals surface area contributed by atoms with E-state index in [1.807, 2.05) is 31.3 Å². The number of hydrogen-bond donors (Lipinski definition) is 2. The maximum Gasteiger partial charge on any atom is 0.119 e. The van der Waals surface area contributed by atoms with E-state index in [1.165, 1.54) is 0 Å². The molecule has 1 saturated heterocycles. The predicted octanol–water partition coefficient (Wildman–Crippen LogP) is 1.41. The quantitative estimate of drug-likeness (QED) is 0.844. The van der Waals surface area contributed by atoms with Crippen LogP contribution in [0.2, 0.25) is 0 Å². The maximum atomic E-state index is 10.3. The van der Waals surface area contributed by atoms with Gasteiger partial charge in [0.2, 0.25) is 0 Å². The molecule has 0 spiro atoms. The van der Waals surface area contributed by atoms with Gasteiger partial charge in [-0.25, -0.2) is 0 Å². The van der Waals surface area contributed by atoms with Crippen LogP contribution in [0, 0.1) is 0 Å². The number of rotatable bonds is 5. The molecule has 1 unspecified atom stereocenters. The van der Waals surface area contributed by atoms with Crippen molar-refractivity contribution in [1.29, 1.82) is 0 Å². The van der Waals surface area contributed by atoms with Crippen LogP contribution in [0.15, 0.2) is 24.3 Å². The van der Waals surface area contributed by atoms with Crippen molar-refractivity contribution in [2.75, 3.05) is 33.8 Å². The first-order valence-corrected chi connectivity index (χ1v) is 6.94. The average Bonchev–Trinajstić information content (AvgIpc) is 2.48. The largest absolute Gasteiger partial charge is 0.497 e. The second kappa shape index (κ2) is 6.89. The highest BCUT2D eigenvalue weighted by atomic mass is 16.5. The topological polar surface area (TPSA) is 44.7 Å². The first-order valence-electron chi connectivity index (χ1n) is 6.94. The molecule has 0 radical (unpaired) electrons. The standard InChI is InChI=1S/C15H24N2O2/c1-16-13-6-8-17(9-7-13)11-15(18)12-4-3-5-14(10-12)19-2/h3-5,10,13,15-16,18H,6-9,11H2,1-2H3. The minimum Gasteiger partial charge on any atom is -0.497 e. The molecule has 106 valence electrons. The number of methoxy groups -OCH3 is 1. The summed E-state index contributed by atoms with van der Waals surface area (Å²) in [5, 5.41) is 13.6. The zero-order valence-corrected chi connectivity index (χ0v) is 11.8. The van der Waals surface area contributed by atoms with Crippen LogP contribution < -0.4 is 10.1 Å². The van der Waals surface area contributed by atoms with Crippen molar-refractivity contribution in [3.8, 4) is 5.75 Å². The first-order chi connectivity index (χ1) is 9.22. The van der Waals surface area contributed by atoms with Crippen LogP contribution in [0.5, 0.6) is 5.75 Å². The fourth-order valence-electron chi connectivity index (χ4n) is 2.60. The molecule has 2 rings (SSSR count). The molecule has 4 nitrogen and oxygen atoms in total. The number of aliphatic hydroxyl groups excluding tert-OH is 1. The summed E-state index contributed by atoms with van der Waals surface area (Å²) >= 11 is 0. The third-order valence-corrected chi connectivity index (χ3v) is 3.91. The van der Waals surface area contributed by atoms with Crippen LogP contribution in [0.4, 0.5) is 0 Å². The summed E-state index contributed by atoms with van der Waals surface area (Å²) in [5.41, 5.74) is 0.926. The van der Waals surface area contributed by atoms with Crippen molar-refractivity contribution in [2.45, 2.75) is 25.0 Å². The number of nitrogens with zero attached hydrogens (tertiary/aromatic N) is 1. The van der Waals surface area contributed by atoms with Crippen molar-refractivity contribution < 1.29 is 9.84 Å². The minimum atomic E-state index is -0.443. The summed E-state index contributed by atoms with van der Waals surface area (Å²) in [6, 6.07) is 8.31. The summed E-state index contributed by atoms with van der Waals surface area (Å²) in [4.78, 5) is 2.33. The Bertz CT molecular complexity index is 389. The summed E-state index contributed by atoms with van der Waals surface area (Å²) < 4.78 is 5.19. The lowest BCUT2D eigenvalue weighted by molar-refractivity contribution is 0.0949. The van der Waals surface area contributed by atoms with Crippen LogP contribution in [0.1, 0.15) is 24.5 Å². The fourth-order valence-corrected chi connectivity index (χ4v) is 2.60. The van der Waals surface area contributed by atoms with Gasteiger partial charge in [-0.2, -0.15) is 0 Å². The van der Waals surface area contributed by atoms with Crippen molar-refractivity contribution in [3.63, 3.8) is 0 Å². The number of benzene rings is 1. The van der Waals surface area contributed by atoms with Gasteiger partial charge in [-0.1, -0.05) is 12.1 Å². The monoisotopic (exact) mass is 264 g/mol. The van der Waals surface area contributed by atoms with Crippen molar-refractivity contribution in [1.82, 2.24) is 10.2 Å². The zero-order valence-electron chi connectivity index (χ0n) is 11.8. The van der Waals surface area contributed by atoms with Gasteiger partial charge >= 0.3 is 0 Å². The molecular formula is C15H24N2O2. The van der Waals surface area contributed by atoms with Crippen molar-refractivity contribution in [2.24, 2.45) is 0 Å². The average molecular weight is 264 g/mol. The van der Waals surface area contributed by atoms with Gasteiger partial charge in [-0.15, -0.1) is 0 Å². The lowest BCUT2D eigenvalue weighted by atomic mass is 10.0. The van der Waals surface area contributed by atoms with Crippen LogP contribution in [-0.4, -0.2) is 49.8 Å². The number of likely N-dealkylation sites (tertiary alicyclic amines) is 1. The maximum absolute atomic E-state index is 10.3. The Balaban J connectivity index is 1.88. The number of hydrogen-bond acceptors (Lipinski definition) is 4. The lowest BCUT2D eigenvalue weighted by Crippen LogP contribution is -2.42. The van der Waals surface area contributed by atoms with E-state index >= 15 is 0 Å². The molecule has 1 atom stereocenters. The van der Waals surface area contributed by atoms with Gasteiger partial charge < -0.3 is 20.1 Å². The zero-order chi connectivity index (χ0) is 13.7. The Kier molecular flexibility index (Phi) is 5.19. The molecule has 0 aliphatic carbocycles. The number of ether oxygens (including phenoxy) is 1. The Morgan fingerprint density at radius 2 is 2.16 bits per heavy atom. The van der Waals surface area contributed by atoms with E-state index in [4.69, 9.17) is 4.74 Å². The number of aliphatic hydroxyl groups is 1. The molecule has 1 aromatic carbocycles. The van der Waals surface area contributed by atoms with E-state index < -0.39 is 6.10 Å². The predicted molar refractivity (Wildman–Crippen MR) is 76.5 cm³/mol. The van der Waals surface area contributed by atoms with E-state index in [9.17, 15) is 5.11 Å². The van der Waals surface area contributed by atoms with Crippen LogP contribution in [0.3, 0.4) is 0 Å². The normalized spacial score (nSPS) is 19.3. The second-order valence-corrected chi connectivity index (χ2v) is 5.16. The molecule has 1 aromatic rings. The molecule has 1 fully saturated rings. The second-order valence-electron chi connectivity index (χ2n) is 5.16. The van der Waals surface area contributed by atoms with Gasteiger partial charge in [-0.3, -0.25) is 0 Å².